The lowest BCUT2D eigenvalue weighted by atomic mass is 9.76. The molecule has 32 heavy (non-hydrogen) atoms. The molecule has 2 atom stereocenters. The van der Waals surface area contributed by atoms with E-state index >= 15 is 0 Å². The Hall–Kier alpha value is -2.83. The van der Waals surface area contributed by atoms with Crippen molar-refractivity contribution in [2.24, 2.45) is 5.41 Å². The van der Waals surface area contributed by atoms with E-state index in [4.69, 9.17) is 11.3 Å². The van der Waals surface area contributed by atoms with Crippen molar-refractivity contribution in [2.75, 3.05) is 13.2 Å². The van der Waals surface area contributed by atoms with Crippen LogP contribution in [0.5, 0.6) is 0 Å². The molecule has 2 rings (SSSR count). The van der Waals surface area contributed by atoms with Gasteiger partial charge >= 0.3 is 13.2 Å². The van der Waals surface area contributed by atoms with Gasteiger partial charge in [0.15, 0.2) is 0 Å². The van der Waals surface area contributed by atoms with Crippen LogP contribution < -0.4 is 5.32 Å². The van der Waals surface area contributed by atoms with E-state index in [1.54, 1.807) is 11.0 Å². The number of nitrogens with zero attached hydrogens (tertiary/aromatic N) is 2. The van der Waals surface area contributed by atoms with Gasteiger partial charge in [-0.15, -0.1) is 0 Å². The van der Waals surface area contributed by atoms with Gasteiger partial charge in [-0.3, -0.25) is 4.79 Å². The number of amides is 2. The zero-order chi connectivity index (χ0) is 23.7. The Morgan fingerprint density at radius 2 is 2.00 bits per heavy atom. The van der Waals surface area contributed by atoms with Gasteiger partial charge in [0, 0.05) is 6.54 Å². The number of hydrogen-bond donors (Lipinski definition) is 3. The van der Waals surface area contributed by atoms with E-state index < -0.39 is 19.2 Å². The zero-order valence-electron chi connectivity index (χ0n) is 19.0. The van der Waals surface area contributed by atoms with Crippen LogP contribution in [0.4, 0.5) is 4.79 Å². The van der Waals surface area contributed by atoms with Crippen LogP contribution in [-0.2, 0) is 16.0 Å². The second kappa shape index (κ2) is 11.7. The van der Waals surface area contributed by atoms with Crippen molar-refractivity contribution in [3.63, 3.8) is 0 Å². The minimum Gasteiger partial charge on any atom is -0.447 e. The number of alkyl carbamates (subject to hydrolysis) is 1. The Morgan fingerprint density at radius 1 is 1.31 bits per heavy atom. The molecule has 3 N–H and O–H groups in total. The molecule has 0 radical (unpaired) electrons. The van der Waals surface area contributed by atoms with E-state index in [1.165, 1.54) is 0 Å². The monoisotopic (exact) mass is 441 g/mol. The number of carbonyl (C=O) groups excluding carboxylic acids is 2. The number of benzene rings is 1. The number of rotatable bonds is 7. The number of hydrogen-bond acceptors (Lipinski definition) is 5. The number of likely N-dealkylation sites (tertiary alicyclic amines) is 1. The summed E-state index contributed by atoms with van der Waals surface area (Å²) in [5.74, 6) is -1.28. The minimum atomic E-state index is -1.75. The summed E-state index contributed by atoms with van der Waals surface area (Å²) >= 11 is 0. The van der Waals surface area contributed by atoms with Gasteiger partial charge in [-0.1, -0.05) is 57.2 Å². The summed E-state index contributed by atoms with van der Waals surface area (Å²) in [4.78, 5) is 30.3. The van der Waals surface area contributed by atoms with Crippen molar-refractivity contribution in [3.8, 4) is 0 Å². The Morgan fingerprint density at radius 3 is 2.59 bits per heavy atom. The molecule has 1 aromatic carbocycles. The number of piperidine rings is 1. The predicted octanol–water partition coefficient (Wildman–Crippen LogP) is 2.57. The fraction of sp³-hybridized carbons (Fsp3) is 0.522. The molecule has 9 heteroatoms. The van der Waals surface area contributed by atoms with E-state index in [0.29, 0.717) is 13.0 Å². The summed E-state index contributed by atoms with van der Waals surface area (Å²) in [6, 6.07) is 8.83. The lowest BCUT2D eigenvalue weighted by Gasteiger charge is -2.35. The number of ether oxygens (including phenoxy) is 1. The van der Waals surface area contributed by atoms with E-state index in [1.807, 2.05) is 51.1 Å². The third-order valence-corrected chi connectivity index (χ3v) is 5.17. The van der Waals surface area contributed by atoms with Gasteiger partial charge in [-0.05, 0) is 36.7 Å². The molecule has 1 fully saturated rings. The largest absolute Gasteiger partial charge is 0.475 e. The summed E-state index contributed by atoms with van der Waals surface area (Å²) < 4.78 is 5.33. The van der Waals surface area contributed by atoms with Crippen LogP contribution in [0.15, 0.2) is 42.1 Å². The maximum Gasteiger partial charge on any atom is 0.475 e. The van der Waals surface area contributed by atoms with Crippen LogP contribution in [0, 0.1) is 12.0 Å². The van der Waals surface area contributed by atoms with Crippen molar-refractivity contribution in [3.05, 3.63) is 59.1 Å². The molecule has 1 aromatic rings. The predicted molar refractivity (Wildman–Crippen MR) is 122 cm³/mol. The molecule has 172 valence electrons. The Balaban J connectivity index is 1.99. The highest BCUT2D eigenvalue weighted by Gasteiger charge is 2.31. The first-order valence-corrected chi connectivity index (χ1v) is 10.9. The van der Waals surface area contributed by atoms with Crippen LogP contribution in [-0.4, -0.2) is 59.2 Å². The normalized spacial score (nSPS) is 17.8. The molecule has 0 unspecified atom stereocenters. The number of nitrogens with one attached hydrogen (secondary N) is 1. The van der Waals surface area contributed by atoms with Crippen LogP contribution in [0.1, 0.15) is 45.6 Å². The van der Waals surface area contributed by atoms with Crippen LogP contribution in [0.25, 0.3) is 4.85 Å². The average Bonchev–Trinajstić information content (AvgIpc) is 2.75. The molecule has 1 heterocycles. The summed E-state index contributed by atoms with van der Waals surface area (Å²) in [7, 11) is -1.75. The summed E-state index contributed by atoms with van der Waals surface area (Å²) in [5, 5.41) is 21.8. The Bertz CT molecular complexity index is 845. The molecule has 0 bridgehead atoms. The van der Waals surface area contributed by atoms with Gasteiger partial charge in [-0.25, -0.2) is 9.64 Å². The number of carbonyl (C=O) groups is 2. The van der Waals surface area contributed by atoms with Gasteiger partial charge in [-0.2, -0.15) is 0 Å². The minimum absolute atomic E-state index is 0.0298. The summed E-state index contributed by atoms with van der Waals surface area (Å²) in [5.41, 5.74) is 0.600. The first kappa shape index (κ1) is 25.4. The third kappa shape index (κ3) is 8.02. The highest BCUT2D eigenvalue weighted by Crippen LogP contribution is 2.24. The highest BCUT2D eigenvalue weighted by molar-refractivity contribution is 6.43. The third-order valence-electron chi connectivity index (χ3n) is 5.17. The quantitative estimate of drug-likeness (QED) is 0.343. The Labute approximate surface area is 190 Å². The first-order valence-electron chi connectivity index (χ1n) is 10.9. The molecular weight excluding hydrogens is 409 g/mol. The maximum atomic E-state index is 13.0. The SMILES string of the molecule is [C-]#[N+]C(=CC(C)(C)C)C(=O)N1CCCC[C@@H]1COC(=O)N[C@@H](Cc1ccccc1)B(O)O. The lowest BCUT2D eigenvalue weighted by molar-refractivity contribution is -0.131. The number of allylic oxidation sites excluding steroid dienone is 1. The molecule has 0 aliphatic carbocycles. The molecule has 8 nitrogen and oxygen atoms in total. The maximum absolute atomic E-state index is 13.0. The van der Waals surface area contributed by atoms with Gasteiger partial charge in [0.1, 0.15) is 6.61 Å². The molecule has 0 spiro atoms. The highest BCUT2D eigenvalue weighted by atomic mass is 16.5. The van der Waals surface area contributed by atoms with Crippen LogP contribution >= 0.6 is 0 Å². The zero-order valence-corrected chi connectivity index (χ0v) is 19.0. The molecular formula is C23H32BN3O5. The molecule has 1 saturated heterocycles. The van der Waals surface area contributed by atoms with Gasteiger partial charge < -0.3 is 25.0 Å². The Kier molecular flexibility index (Phi) is 9.30. The molecule has 0 aromatic heterocycles. The topological polar surface area (TPSA) is 103 Å². The first-order chi connectivity index (χ1) is 15.1. The van der Waals surface area contributed by atoms with E-state index in [9.17, 15) is 19.6 Å². The summed E-state index contributed by atoms with van der Waals surface area (Å²) in [6.45, 7) is 13.6. The molecule has 0 saturated carbocycles. The van der Waals surface area contributed by atoms with Crippen LogP contribution in [0.3, 0.4) is 0 Å². The van der Waals surface area contributed by atoms with E-state index in [0.717, 1.165) is 18.4 Å². The lowest BCUT2D eigenvalue weighted by Crippen LogP contribution is -2.50. The van der Waals surface area contributed by atoms with Crippen molar-refractivity contribution in [2.45, 2.75) is 58.4 Å². The smallest absolute Gasteiger partial charge is 0.447 e. The van der Waals surface area contributed by atoms with Crippen LogP contribution in [0.2, 0.25) is 0 Å². The van der Waals surface area contributed by atoms with Gasteiger partial charge in [0.2, 0.25) is 5.70 Å². The molecule has 2 amide bonds. The van der Waals surface area contributed by atoms with Crippen molar-refractivity contribution < 1.29 is 24.4 Å². The van der Waals surface area contributed by atoms with Gasteiger partial charge in [0.05, 0.1) is 18.6 Å². The molecule has 1 aliphatic heterocycles. The standard InChI is InChI=1S/C23H32BN3O5/c1-23(2,3)15-19(25-4)21(28)27-13-9-8-12-18(27)16-32-22(29)26-20(24(30)31)14-17-10-6-5-7-11-17/h5-7,10-11,15,18,20,30-31H,8-9,12-14,16H2,1-3H3,(H,26,29)/t18-,20+/m1/s1. The van der Waals surface area contributed by atoms with E-state index in [-0.39, 0.29) is 36.1 Å². The molecule has 1 aliphatic rings. The van der Waals surface area contributed by atoms with E-state index in [2.05, 4.69) is 10.2 Å². The van der Waals surface area contributed by atoms with Gasteiger partial charge in [0.25, 0.3) is 5.91 Å². The fourth-order valence-electron chi connectivity index (χ4n) is 3.60. The summed E-state index contributed by atoms with van der Waals surface area (Å²) in [6.07, 6.45) is 3.49. The fourth-order valence-corrected chi connectivity index (χ4v) is 3.60. The second-order valence-electron chi connectivity index (χ2n) is 9.11. The van der Waals surface area contributed by atoms with Crippen molar-refractivity contribution >= 4 is 19.1 Å². The average molecular weight is 441 g/mol. The van der Waals surface area contributed by atoms with Crippen molar-refractivity contribution in [1.29, 1.82) is 0 Å². The second-order valence-corrected chi connectivity index (χ2v) is 9.11. The van der Waals surface area contributed by atoms with Crippen molar-refractivity contribution in [1.82, 2.24) is 10.2 Å².